The van der Waals surface area contributed by atoms with E-state index in [1.54, 1.807) is 17.6 Å². The second kappa shape index (κ2) is 7.16. The van der Waals surface area contributed by atoms with Gasteiger partial charge in [-0.1, -0.05) is 0 Å². The van der Waals surface area contributed by atoms with Crippen molar-refractivity contribution in [2.75, 3.05) is 5.32 Å². The van der Waals surface area contributed by atoms with Crippen molar-refractivity contribution in [3.8, 4) is 11.3 Å². The van der Waals surface area contributed by atoms with E-state index < -0.39 is 0 Å². The number of rotatable bonds is 4. The minimum atomic E-state index is 0.0411. The maximum absolute atomic E-state index is 11.2. The third-order valence-corrected chi connectivity index (χ3v) is 5.43. The molecule has 4 aromatic heterocycles. The van der Waals surface area contributed by atoms with Crippen LogP contribution in [-0.4, -0.2) is 47.5 Å². The number of nitrogens with zero attached hydrogens (tertiary/aromatic N) is 5. The Balaban J connectivity index is 1.32. The molecule has 4 heterocycles. The number of carbonyl (C=O) groups is 1. The van der Waals surface area contributed by atoms with Crippen LogP contribution >= 0.6 is 0 Å². The molecule has 0 bridgehead atoms. The molecule has 148 valence electrons. The SMILES string of the molecule is CC(=O)N[C@H]1CC[C@H](Nc2ncc3c(-c4ccc5nccn5n4)c[nH]c3n2)CC1. The first-order chi connectivity index (χ1) is 14.2. The smallest absolute Gasteiger partial charge is 0.224 e. The second-order valence-corrected chi connectivity index (χ2v) is 7.50. The molecule has 1 aliphatic rings. The average molecular weight is 390 g/mol. The Morgan fingerprint density at radius 2 is 2.00 bits per heavy atom. The van der Waals surface area contributed by atoms with Gasteiger partial charge in [-0.3, -0.25) is 4.79 Å². The topological polar surface area (TPSA) is 113 Å². The van der Waals surface area contributed by atoms with Crippen LogP contribution in [0.25, 0.3) is 27.9 Å². The molecule has 9 heteroatoms. The number of hydrogen-bond acceptors (Lipinski definition) is 6. The Labute approximate surface area is 167 Å². The van der Waals surface area contributed by atoms with E-state index in [9.17, 15) is 4.79 Å². The second-order valence-electron chi connectivity index (χ2n) is 7.50. The van der Waals surface area contributed by atoms with Gasteiger partial charge in [-0.15, -0.1) is 0 Å². The van der Waals surface area contributed by atoms with Gasteiger partial charge in [-0.25, -0.2) is 14.5 Å². The van der Waals surface area contributed by atoms with Crippen LogP contribution in [0.15, 0.2) is 36.9 Å². The van der Waals surface area contributed by atoms with E-state index in [4.69, 9.17) is 0 Å². The predicted octanol–water partition coefficient (Wildman–Crippen LogP) is 2.53. The standard InChI is InChI=1S/C20H22N8O/c1-12(29)24-13-2-4-14(5-3-13)25-20-23-11-16-15(10-22-19(16)26-20)17-6-7-18-21-8-9-28(18)27-17/h6-11,13-14H,2-5H2,1H3,(H,24,29)(H2,22,23,25,26)/t13-,14-. The van der Waals surface area contributed by atoms with Crippen LogP contribution in [0.1, 0.15) is 32.6 Å². The lowest BCUT2D eigenvalue weighted by molar-refractivity contribution is -0.119. The number of H-pyrrole nitrogens is 1. The summed E-state index contributed by atoms with van der Waals surface area (Å²) in [7, 11) is 0. The number of nitrogens with one attached hydrogen (secondary N) is 3. The highest BCUT2D eigenvalue weighted by Gasteiger charge is 2.22. The van der Waals surface area contributed by atoms with Gasteiger partial charge >= 0.3 is 0 Å². The van der Waals surface area contributed by atoms with E-state index in [1.165, 1.54) is 0 Å². The van der Waals surface area contributed by atoms with Gasteiger partial charge in [-0.2, -0.15) is 10.1 Å². The monoisotopic (exact) mass is 390 g/mol. The van der Waals surface area contributed by atoms with Gasteiger partial charge in [0.15, 0.2) is 5.65 Å². The van der Waals surface area contributed by atoms with Crippen LogP contribution in [-0.2, 0) is 4.79 Å². The summed E-state index contributed by atoms with van der Waals surface area (Å²) < 4.78 is 1.75. The van der Waals surface area contributed by atoms with Crippen molar-refractivity contribution in [3.05, 3.63) is 36.9 Å². The van der Waals surface area contributed by atoms with E-state index in [1.807, 2.05) is 30.7 Å². The molecule has 0 atom stereocenters. The maximum Gasteiger partial charge on any atom is 0.224 e. The normalized spacial score (nSPS) is 19.5. The third-order valence-electron chi connectivity index (χ3n) is 5.43. The van der Waals surface area contributed by atoms with E-state index in [0.29, 0.717) is 12.0 Å². The van der Waals surface area contributed by atoms with Gasteiger partial charge < -0.3 is 15.6 Å². The van der Waals surface area contributed by atoms with Crippen LogP contribution in [0.4, 0.5) is 5.95 Å². The van der Waals surface area contributed by atoms with Gasteiger partial charge in [0.25, 0.3) is 0 Å². The molecule has 1 aliphatic carbocycles. The fraction of sp³-hybridized carbons (Fsp3) is 0.350. The molecule has 0 saturated heterocycles. The molecule has 1 saturated carbocycles. The molecule has 0 aliphatic heterocycles. The van der Waals surface area contributed by atoms with Crippen molar-refractivity contribution < 1.29 is 4.79 Å². The fourth-order valence-corrected chi connectivity index (χ4v) is 4.00. The maximum atomic E-state index is 11.2. The molecule has 0 spiro atoms. The van der Waals surface area contributed by atoms with Crippen molar-refractivity contribution in [1.29, 1.82) is 0 Å². The number of aromatic amines is 1. The van der Waals surface area contributed by atoms with Crippen molar-refractivity contribution in [2.24, 2.45) is 0 Å². The molecular weight excluding hydrogens is 368 g/mol. The predicted molar refractivity (Wildman–Crippen MR) is 109 cm³/mol. The number of anilines is 1. The fourth-order valence-electron chi connectivity index (χ4n) is 4.00. The molecule has 1 amide bonds. The van der Waals surface area contributed by atoms with E-state index in [0.717, 1.165) is 53.6 Å². The first-order valence-corrected chi connectivity index (χ1v) is 9.84. The summed E-state index contributed by atoms with van der Waals surface area (Å²) in [5.74, 6) is 0.659. The number of carbonyl (C=O) groups excluding carboxylic acids is 1. The van der Waals surface area contributed by atoms with Crippen molar-refractivity contribution in [1.82, 2.24) is 34.9 Å². The summed E-state index contributed by atoms with van der Waals surface area (Å²) in [6, 6.07) is 4.48. The Morgan fingerprint density at radius 3 is 2.83 bits per heavy atom. The number of aromatic nitrogens is 6. The average Bonchev–Trinajstić information content (AvgIpc) is 3.35. The zero-order valence-electron chi connectivity index (χ0n) is 16.1. The zero-order chi connectivity index (χ0) is 19.8. The van der Waals surface area contributed by atoms with Crippen LogP contribution in [0, 0.1) is 0 Å². The summed E-state index contributed by atoms with van der Waals surface area (Å²) in [5.41, 5.74) is 3.38. The van der Waals surface area contributed by atoms with Crippen LogP contribution < -0.4 is 10.6 Å². The highest BCUT2D eigenvalue weighted by molar-refractivity contribution is 5.92. The molecule has 0 radical (unpaired) electrons. The first-order valence-electron chi connectivity index (χ1n) is 9.84. The third kappa shape index (κ3) is 3.51. The number of amides is 1. The van der Waals surface area contributed by atoms with Gasteiger partial charge in [0.1, 0.15) is 5.65 Å². The summed E-state index contributed by atoms with van der Waals surface area (Å²) in [5, 5.41) is 12.0. The summed E-state index contributed by atoms with van der Waals surface area (Å²) in [6.07, 6.45) is 11.2. The molecule has 0 aromatic carbocycles. The summed E-state index contributed by atoms with van der Waals surface area (Å²) >= 11 is 0. The van der Waals surface area contributed by atoms with E-state index in [-0.39, 0.29) is 11.9 Å². The van der Waals surface area contributed by atoms with Gasteiger partial charge in [0.05, 0.1) is 5.69 Å². The Morgan fingerprint density at radius 1 is 1.17 bits per heavy atom. The largest absolute Gasteiger partial charge is 0.354 e. The minimum Gasteiger partial charge on any atom is -0.354 e. The van der Waals surface area contributed by atoms with Crippen molar-refractivity contribution in [3.63, 3.8) is 0 Å². The molecule has 5 rings (SSSR count). The van der Waals surface area contributed by atoms with Crippen molar-refractivity contribution in [2.45, 2.75) is 44.7 Å². The zero-order valence-corrected chi connectivity index (χ0v) is 16.1. The lowest BCUT2D eigenvalue weighted by atomic mass is 9.91. The van der Waals surface area contributed by atoms with Crippen LogP contribution in [0.3, 0.4) is 0 Å². The number of fused-ring (bicyclic) bond motifs is 2. The van der Waals surface area contributed by atoms with Crippen LogP contribution in [0.2, 0.25) is 0 Å². The van der Waals surface area contributed by atoms with Crippen molar-refractivity contribution >= 4 is 28.5 Å². The lowest BCUT2D eigenvalue weighted by Crippen LogP contribution is -2.39. The van der Waals surface area contributed by atoms with Gasteiger partial charge in [0, 0.05) is 54.7 Å². The molecule has 9 nitrogen and oxygen atoms in total. The summed E-state index contributed by atoms with van der Waals surface area (Å²) in [6.45, 7) is 1.57. The minimum absolute atomic E-state index is 0.0411. The Bertz CT molecular complexity index is 1170. The lowest BCUT2D eigenvalue weighted by Gasteiger charge is -2.29. The highest BCUT2D eigenvalue weighted by Crippen LogP contribution is 2.27. The quantitative estimate of drug-likeness (QED) is 0.494. The van der Waals surface area contributed by atoms with Crippen LogP contribution in [0.5, 0.6) is 0 Å². The van der Waals surface area contributed by atoms with E-state index in [2.05, 4.69) is 35.7 Å². The highest BCUT2D eigenvalue weighted by atomic mass is 16.1. The van der Waals surface area contributed by atoms with Gasteiger partial charge in [-0.05, 0) is 37.8 Å². The molecule has 4 aromatic rings. The molecule has 1 fully saturated rings. The molecule has 29 heavy (non-hydrogen) atoms. The molecule has 3 N–H and O–H groups in total. The summed E-state index contributed by atoms with van der Waals surface area (Å²) in [4.78, 5) is 27.8. The van der Waals surface area contributed by atoms with Gasteiger partial charge in [0.2, 0.25) is 11.9 Å². The first kappa shape index (κ1) is 17.6. The van der Waals surface area contributed by atoms with E-state index >= 15 is 0 Å². The Hall–Kier alpha value is -3.49. The number of hydrogen-bond donors (Lipinski definition) is 3. The Kier molecular flexibility index (Phi) is 4.34. The molecular formula is C20H22N8O. The number of imidazole rings is 1. The molecule has 0 unspecified atom stereocenters.